The highest BCUT2D eigenvalue weighted by Gasteiger charge is 2.18. The van der Waals surface area contributed by atoms with Crippen molar-refractivity contribution >= 4 is 11.6 Å². The molecular weight excluding hydrogens is 279 g/mol. The average Bonchev–Trinajstić information content (AvgIpc) is 2.65. The fraction of sp³-hybridized carbons (Fsp3) is 0.429. The Morgan fingerprint density at radius 1 is 1.45 bits per heavy atom. The van der Waals surface area contributed by atoms with Gasteiger partial charge in [-0.05, 0) is 25.6 Å². The Kier molecular flexibility index (Phi) is 4.73. The number of likely N-dealkylation sites (N-methyl/N-ethyl adjacent to an activating group) is 1. The number of hydrogen-bond acceptors (Lipinski definition) is 3. The number of aryl methyl sites for hydroxylation is 2. The van der Waals surface area contributed by atoms with Crippen LogP contribution in [0.2, 0.25) is 5.02 Å². The number of halogens is 2. The van der Waals surface area contributed by atoms with Crippen molar-refractivity contribution in [2.24, 2.45) is 7.05 Å². The van der Waals surface area contributed by atoms with Crippen LogP contribution in [-0.4, -0.2) is 21.3 Å². The van der Waals surface area contributed by atoms with Gasteiger partial charge in [-0.25, -0.2) is 4.39 Å². The smallest absolute Gasteiger partial charge is 0.141 e. The number of pyridine rings is 1. The lowest BCUT2D eigenvalue weighted by Gasteiger charge is -2.17. The zero-order valence-electron chi connectivity index (χ0n) is 11.8. The van der Waals surface area contributed by atoms with Crippen LogP contribution in [0.3, 0.4) is 0 Å². The van der Waals surface area contributed by atoms with Crippen molar-refractivity contribution in [2.75, 3.05) is 6.54 Å². The summed E-state index contributed by atoms with van der Waals surface area (Å²) in [4.78, 5) is 4.15. The molecule has 2 rings (SSSR count). The Hall–Kier alpha value is -1.46. The molecule has 0 aliphatic heterocycles. The highest BCUT2D eigenvalue weighted by molar-refractivity contribution is 6.31. The first-order valence-corrected chi connectivity index (χ1v) is 6.93. The molecule has 0 saturated carbocycles. The molecule has 0 bridgehead atoms. The maximum Gasteiger partial charge on any atom is 0.141 e. The molecular formula is C14H18ClFN4. The minimum absolute atomic E-state index is 0.0205. The van der Waals surface area contributed by atoms with E-state index in [2.05, 4.69) is 15.4 Å². The first-order chi connectivity index (χ1) is 9.52. The maximum atomic E-state index is 13.0. The molecule has 0 aliphatic carbocycles. The van der Waals surface area contributed by atoms with Gasteiger partial charge in [-0.15, -0.1) is 0 Å². The van der Waals surface area contributed by atoms with E-state index in [1.807, 2.05) is 20.9 Å². The van der Waals surface area contributed by atoms with Gasteiger partial charge in [0.15, 0.2) is 0 Å². The topological polar surface area (TPSA) is 42.7 Å². The standard InChI is InChI=1S/C14H18ClFN4/c1-4-17-12(11-6-5-10(16)8-18-11)7-13-14(15)9(2)19-20(13)3/h5-6,8,12,17H,4,7H2,1-3H3. The Labute approximate surface area is 123 Å². The van der Waals surface area contributed by atoms with Crippen molar-refractivity contribution < 1.29 is 4.39 Å². The van der Waals surface area contributed by atoms with Gasteiger partial charge in [0, 0.05) is 13.5 Å². The van der Waals surface area contributed by atoms with Crippen LogP contribution in [0.25, 0.3) is 0 Å². The SMILES string of the molecule is CCNC(Cc1c(Cl)c(C)nn1C)c1ccc(F)cn1. The third kappa shape index (κ3) is 3.16. The monoisotopic (exact) mass is 296 g/mol. The minimum Gasteiger partial charge on any atom is -0.309 e. The predicted octanol–water partition coefficient (Wildman–Crippen LogP) is 2.81. The summed E-state index contributed by atoms with van der Waals surface area (Å²) in [7, 11) is 1.87. The summed E-state index contributed by atoms with van der Waals surface area (Å²) < 4.78 is 14.8. The first kappa shape index (κ1) is 14.9. The molecule has 1 unspecified atom stereocenters. The summed E-state index contributed by atoms with van der Waals surface area (Å²) in [5.41, 5.74) is 2.55. The van der Waals surface area contributed by atoms with Gasteiger partial charge in [-0.3, -0.25) is 9.67 Å². The summed E-state index contributed by atoms with van der Waals surface area (Å²) >= 11 is 6.28. The fourth-order valence-electron chi connectivity index (χ4n) is 2.22. The molecule has 20 heavy (non-hydrogen) atoms. The van der Waals surface area contributed by atoms with Gasteiger partial charge in [0.2, 0.25) is 0 Å². The summed E-state index contributed by atoms with van der Waals surface area (Å²) in [6, 6.07) is 3.09. The van der Waals surface area contributed by atoms with Crippen LogP contribution >= 0.6 is 11.6 Å². The summed E-state index contributed by atoms with van der Waals surface area (Å²) in [6.45, 7) is 4.69. The number of rotatable bonds is 5. The van der Waals surface area contributed by atoms with E-state index in [9.17, 15) is 4.39 Å². The number of hydrogen-bond donors (Lipinski definition) is 1. The largest absolute Gasteiger partial charge is 0.309 e. The second kappa shape index (κ2) is 6.33. The van der Waals surface area contributed by atoms with Crippen LogP contribution in [0.5, 0.6) is 0 Å². The predicted molar refractivity (Wildman–Crippen MR) is 77.3 cm³/mol. The lowest BCUT2D eigenvalue weighted by Crippen LogP contribution is -2.25. The average molecular weight is 297 g/mol. The van der Waals surface area contributed by atoms with Crippen molar-refractivity contribution in [1.29, 1.82) is 0 Å². The number of aromatic nitrogens is 3. The van der Waals surface area contributed by atoms with Crippen LogP contribution < -0.4 is 5.32 Å². The van der Waals surface area contributed by atoms with Crippen molar-refractivity contribution in [3.63, 3.8) is 0 Å². The van der Waals surface area contributed by atoms with Crippen LogP contribution in [0.15, 0.2) is 18.3 Å². The van der Waals surface area contributed by atoms with E-state index in [0.717, 1.165) is 23.6 Å². The number of nitrogens with zero attached hydrogens (tertiary/aromatic N) is 3. The third-order valence-corrected chi connectivity index (χ3v) is 3.71. The molecule has 1 atom stereocenters. The zero-order valence-corrected chi connectivity index (χ0v) is 12.6. The van der Waals surface area contributed by atoms with Crippen molar-refractivity contribution in [1.82, 2.24) is 20.1 Å². The van der Waals surface area contributed by atoms with Crippen molar-refractivity contribution in [2.45, 2.75) is 26.3 Å². The molecule has 2 aromatic rings. The third-order valence-electron chi connectivity index (χ3n) is 3.22. The maximum absolute atomic E-state index is 13.0. The molecule has 0 aromatic carbocycles. The van der Waals surface area contributed by atoms with Crippen LogP contribution in [0.1, 0.15) is 30.0 Å². The normalized spacial score (nSPS) is 12.7. The van der Waals surface area contributed by atoms with E-state index in [4.69, 9.17) is 11.6 Å². The highest BCUT2D eigenvalue weighted by Crippen LogP contribution is 2.25. The Balaban J connectivity index is 2.27. The molecule has 2 aromatic heterocycles. The number of nitrogens with one attached hydrogen (secondary N) is 1. The van der Waals surface area contributed by atoms with Crippen LogP contribution in [0.4, 0.5) is 4.39 Å². The summed E-state index contributed by atoms with van der Waals surface area (Å²) in [5.74, 6) is -0.335. The van der Waals surface area contributed by atoms with Crippen molar-refractivity contribution in [3.05, 3.63) is 46.3 Å². The zero-order chi connectivity index (χ0) is 14.7. The van der Waals surface area contributed by atoms with Crippen LogP contribution in [0, 0.1) is 12.7 Å². The molecule has 0 radical (unpaired) electrons. The van der Waals surface area contributed by atoms with E-state index >= 15 is 0 Å². The van der Waals surface area contributed by atoms with Crippen LogP contribution in [-0.2, 0) is 13.5 Å². The van der Waals surface area contributed by atoms with Gasteiger partial charge in [0.25, 0.3) is 0 Å². The van der Waals surface area contributed by atoms with Gasteiger partial charge in [0.05, 0.1) is 34.3 Å². The summed E-state index contributed by atoms with van der Waals surface area (Å²) in [5, 5.41) is 8.33. The molecule has 0 aliphatic rings. The first-order valence-electron chi connectivity index (χ1n) is 6.55. The van der Waals surface area contributed by atoms with Gasteiger partial charge in [-0.2, -0.15) is 5.10 Å². The molecule has 6 heteroatoms. The second-order valence-corrected chi connectivity index (χ2v) is 5.06. The Bertz CT molecular complexity index is 580. The highest BCUT2D eigenvalue weighted by atomic mass is 35.5. The quantitative estimate of drug-likeness (QED) is 0.922. The van der Waals surface area contributed by atoms with E-state index in [0.29, 0.717) is 11.4 Å². The second-order valence-electron chi connectivity index (χ2n) is 4.69. The molecule has 108 valence electrons. The van der Waals surface area contributed by atoms with Gasteiger partial charge >= 0.3 is 0 Å². The van der Waals surface area contributed by atoms with Crippen molar-refractivity contribution in [3.8, 4) is 0 Å². The summed E-state index contributed by atoms with van der Waals surface area (Å²) in [6.07, 6.45) is 1.89. The molecule has 2 heterocycles. The van der Waals surface area contributed by atoms with Gasteiger partial charge < -0.3 is 5.32 Å². The lowest BCUT2D eigenvalue weighted by atomic mass is 10.1. The lowest BCUT2D eigenvalue weighted by molar-refractivity contribution is 0.514. The van der Waals surface area contributed by atoms with Gasteiger partial charge in [-0.1, -0.05) is 18.5 Å². The molecule has 1 N–H and O–H groups in total. The fourth-order valence-corrected chi connectivity index (χ4v) is 2.45. The van der Waals surface area contributed by atoms with E-state index in [-0.39, 0.29) is 11.9 Å². The Morgan fingerprint density at radius 3 is 2.70 bits per heavy atom. The molecule has 0 fully saturated rings. The minimum atomic E-state index is -0.335. The van der Waals surface area contributed by atoms with E-state index in [1.165, 1.54) is 12.3 Å². The molecule has 0 saturated heterocycles. The molecule has 4 nitrogen and oxygen atoms in total. The van der Waals surface area contributed by atoms with E-state index in [1.54, 1.807) is 10.7 Å². The molecule has 0 spiro atoms. The van der Waals surface area contributed by atoms with E-state index < -0.39 is 0 Å². The molecule has 0 amide bonds. The van der Waals surface area contributed by atoms with Gasteiger partial charge in [0.1, 0.15) is 5.82 Å². The Morgan fingerprint density at radius 2 is 2.20 bits per heavy atom.